The molecule has 0 aliphatic rings. The highest BCUT2D eigenvalue weighted by molar-refractivity contribution is 6.02. The molecule has 3 aromatic rings. The number of ether oxygens (including phenoxy) is 1. The van der Waals surface area contributed by atoms with Crippen molar-refractivity contribution in [2.24, 2.45) is 4.99 Å². The number of para-hydroxylation sites is 1. The Morgan fingerprint density at radius 3 is 2.60 bits per heavy atom. The van der Waals surface area contributed by atoms with Crippen LogP contribution in [-0.4, -0.2) is 29.8 Å². The third kappa shape index (κ3) is 4.54. The first-order valence-corrected chi connectivity index (χ1v) is 9.28. The van der Waals surface area contributed by atoms with Crippen LogP contribution in [0.5, 0.6) is 5.75 Å². The van der Waals surface area contributed by atoms with Crippen molar-refractivity contribution in [2.45, 2.75) is 20.3 Å². The van der Waals surface area contributed by atoms with Crippen LogP contribution in [0, 0.1) is 0 Å². The van der Waals surface area contributed by atoms with Gasteiger partial charge in [-0.05, 0) is 42.8 Å². The number of carbonyl (C=O) groups is 2. The SMILES string of the molecule is CCCOC(=O)c1ccc(N=Cc2c(O)c3cccc(NC(C)=O)c3oc2=O)cc1. The normalized spacial score (nSPS) is 11.0. The molecule has 0 bridgehead atoms. The summed E-state index contributed by atoms with van der Waals surface area (Å²) in [6.07, 6.45) is 1.92. The number of rotatable bonds is 6. The molecule has 8 heteroatoms. The maximum Gasteiger partial charge on any atom is 0.349 e. The topological polar surface area (TPSA) is 118 Å². The molecule has 2 aromatic carbocycles. The van der Waals surface area contributed by atoms with Crippen molar-refractivity contribution in [2.75, 3.05) is 11.9 Å². The van der Waals surface area contributed by atoms with E-state index in [0.29, 0.717) is 17.9 Å². The molecular weight excluding hydrogens is 388 g/mol. The number of aromatic hydroxyl groups is 1. The number of carbonyl (C=O) groups excluding carboxylic acids is 2. The summed E-state index contributed by atoms with van der Waals surface area (Å²) in [4.78, 5) is 39.7. The van der Waals surface area contributed by atoms with Gasteiger partial charge in [-0.2, -0.15) is 0 Å². The highest BCUT2D eigenvalue weighted by atomic mass is 16.5. The Hall–Kier alpha value is -3.94. The molecule has 0 saturated carbocycles. The molecule has 154 valence electrons. The predicted octanol–water partition coefficient (Wildman–Crippen LogP) is 3.77. The second kappa shape index (κ2) is 9.04. The van der Waals surface area contributed by atoms with Gasteiger partial charge in [0, 0.05) is 13.1 Å². The van der Waals surface area contributed by atoms with Crippen molar-refractivity contribution < 1.29 is 23.8 Å². The third-order valence-corrected chi connectivity index (χ3v) is 4.13. The first-order chi connectivity index (χ1) is 14.4. The summed E-state index contributed by atoms with van der Waals surface area (Å²) < 4.78 is 10.4. The number of nitrogens with zero attached hydrogens (tertiary/aromatic N) is 1. The lowest BCUT2D eigenvalue weighted by molar-refractivity contribution is -0.114. The van der Waals surface area contributed by atoms with Crippen molar-refractivity contribution in [3.63, 3.8) is 0 Å². The average Bonchev–Trinajstić information content (AvgIpc) is 2.72. The van der Waals surface area contributed by atoms with Crippen molar-refractivity contribution >= 4 is 40.4 Å². The van der Waals surface area contributed by atoms with Gasteiger partial charge in [0.25, 0.3) is 0 Å². The number of aliphatic imine (C=N–C) groups is 1. The van der Waals surface area contributed by atoms with Gasteiger partial charge in [0.2, 0.25) is 5.91 Å². The van der Waals surface area contributed by atoms with Crippen molar-refractivity contribution in [3.05, 3.63) is 64.0 Å². The average molecular weight is 408 g/mol. The van der Waals surface area contributed by atoms with Gasteiger partial charge in [-0.15, -0.1) is 0 Å². The van der Waals surface area contributed by atoms with Crippen LogP contribution in [0.1, 0.15) is 36.2 Å². The van der Waals surface area contributed by atoms with E-state index in [1.165, 1.54) is 13.1 Å². The van der Waals surface area contributed by atoms with Crippen LogP contribution in [0.15, 0.2) is 56.7 Å². The lowest BCUT2D eigenvalue weighted by Crippen LogP contribution is -2.10. The first-order valence-electron chi connectivity index (χ1n) is 9.28. The summed E-state index contributed by atoms with van der Waals surface area (Å²) in [5.41, 5.74) is 0.271. The van der Waals surface area contributed by atoms with E-state index in [1.807, 2.05) is 6.92 Å². The summed E-state index contributed by atoms with van der Waals surface area (Å²) in [6.45, 7) is 3.58. The van der Waals surface area contributed by atoms with Crippen LogP contribution in [0.4, 0.5) is 11.4 Å². The van der Waals surface area contributed by atoms with E-state index in [2.05, 4.69) is 10.3 Å². The van der Waals surface area contributed by atoms with Crippen LogP contribution in [0.25, 0.3) is 11.0 Å². The quantitative estimate of drug-likeness (QED) is 0.364. The molecule has 0 saturated heterocycles. The van der Waals surface area contributed by atoms with Gasteiger partial charge in [0.15, 0.2) is 5.58 Å². The lowest BCUT2D eigenvalue weighted by atomic mass is 10.1. The van der Waals surface area contributed by atoms with E-state index < -0.39 is 11.6 Å². The Morgan fingerprint density at radius 2 is 1.93 bits per heavy atom. The van der Waals surface area contributed by atoms with Gasteiger partial charge >= 0.3 is 11.6 Å². The number of hydrogen-bond acceptors (Lipinski definition) is 7. The first kappa shape index (κ1) is 20.8. The number of benzene rings is 2. The molecule has 3 rings (SSSR count). The zero-order chi connectivity index (χ0) is 21.7. The summed E-state index contributed by atoms with van der Waals surface area (Å²) in [7, 11) is 0. The van der Waals surface area contributed by atoms with Crippen molar-refractivity contribution in [1.29, 1.82) is 0 Å². The van der Waals surface area contributed by atoms with Gasteiger partial charge in [-0.25, -0.2) is 9.59 Å². The van der Waals surface area contributed by atoms with E-state index in [1.54, 1.807) is 42.5 Å². The minimum atomic E-state index is -0.804. The van der Waals surface area contributed by atoms with Gasteiger partial charge in [0.1, 0.15) is 11.3 Å². The molecule has 0 aliphatic carbocycles. The minimum Gasteiger partial charge on any atom is -0.506 e. The summed E-state index contributed by atoms with van der Waals surface area (Å²) in [6, 6.07) is 11.0. The summed E-state index contributed by atoms with van der Waals surface area (Å²) in [5.74, 6) is -1.07. The van der Waals surface area contributed by atoms with E-state index in [-0.39, 0.29) is 33.9 Å². The molecule has 0 radical (unpaired) electrons. The Morgan fingerprint density at radius 1 is 1.20 bits per heavy atom. The number of nitrogens with one attached hydrogen (secondary N) is 1. The van der Waals surface area contributed by atoms with E-state index in [9.17, 15) is 19.5 Å². The fraction of sp³-hybridized carbons (Fsp3) is 0.182. The number of anilines is 1. The largest absolute Gasteiger partial charge is 0.506 e. The Balaban J connectivity index is 1.90. The molecule has 0 unspecified atom stereocenters. The summed E-state index contributed by atoms with van der Waals surface area (Å²) in [5, 5.41) is 13.4. The van der Waals surface area contributed by atoms with E-state index in [0.717, 1.165) is 6.42 Å². The smallest absolute Gasteiger partial charge is 0.349 e. The van der Waals surface area contributed by atoms with Gasteiger partial charge < -0.3 is 19.6 Å². The molecule has 0 atom stereocenters. The van der Waals surface area contributed by atoms with Crippen LogP contribution in [-0.2, 0) is 9.53 Å². The molecule has 1 heterocycles. The standard InChI is InChI=1S/C22H20N2O6/c1-3-11-29-21(27)14-7-9-15(10-8-14)23-12-17-19(26)16-5-4-6-18(24-13(2)25)20(16)30-22(17)28/h4-10,12,26H,3,11H2,1-2H3,(H,24,25). The summed E-state index contributed by atoms with van der Waals surface area (Å²) >= 11 is 0. The maximum absolute atomic E-state index is 12.4. The van der Waals surface area contributed by atoms with Gasteiger partial charge in [0.05, 0.1) is 28.9 Å². The van der Waals surface area contributed by atoms with Crippen molar-refractivity contribution in [3.8, 4) is 5.75 Å². The third-order valence-electron chi connectivity index (χ3n) is 4.13. The number of esters is 1. The predicted molar refractivity (Wildman–Crippen MR) is 113 cm³/mol. The van der Waals surface area contributed by atoms with Crippen LogP contribution < -0.4 is 10.9 Å². The van der Waals surface area contributed by atoms with E-state index in [4.69, 9.17) is 9.15 Å². The number of hydrogen-bond donors (Lipinski definition) is 2. The number of amides is 1. The second-order valence-electron chi connectivity index (χ2n) is 6.46. The Kier molecular flexibility index (Phi) is 6.26. The molecule has 8 nitrogen and oxygen atoms in total. The Bertz CT molecular complexity index is 1180. The molecule has 0 aliphatic heterocycles. The van der Waals surface area contributed by atoms with Crippen LogP contribution in [0.2, 0.25) is 0 Å². The van der Waals surface area contributed by atoms with E-state index >= 15 is 0 Å². The maximum atomic E-state index is 12.4. The molecule has 30 heavy (non-hydrogen) atoms. The van der Waals surface area contributed by atoms with Crippen molar-refractivity contribution in [1.82, 2.24) is 0 Å². The van der Waals surface area contributed by atoms with Crippen LogP contribution >= 0.6 is 0 Å². The van der Waals surface area contributed by atoms with Gasteiger partial charge in [-0.1, -0.05) is 13.0 Å². The van der Waals surface area contributed by atoms with Crippen LogP contribution in [0.3, 0.4) is 0 Å². The molecule has 0 spiro atoms. The number of fused-ring (bicyclic) bond motifs is 1. The zero-order valence-corrected chi connectivity index (χ0v) is 16.5. The second-order valence-corrected chi connectivity index (χ2v) is 6.46. The molecule has 0 fully saturated rings. The monoisotopic (exact) mass is 408 g/mol. The fourth-order valence-electron chi connectivity index (χ4n) is 2.73. The minimum absolute atomic E-state index is 0.0716. The molecule has 1 amide bonds. The van der Waals surface area contributed by atoms with Gasteiger partial charge in [-0.3, -0.25) is 9.79 Å². The molecular formula is C22H20N2O6. The zero-order valence-electron chi connectivity index (χ0n) is 16.5. The Labute approximate surface area is 171 Å². The highest BCUT2D eigenvalue weighted by Gasteiger charge is 2.15. The highest BCUT2D eigenvalue weighted by Crippen LogP contribution is 2.30. The fourth-order valence-corrected chi connectivity index (χ4v) is 2.73. The molecule has 2 N–H and O–H groups in total. The molecule has 1 aromatic heterocycles. The lowest BCUT2D eigenvalue weighted by Gasteiger charge is -2.08.